The van der Waals surface area contributed by atoms with Crippen LogP contribution in [0.2, 0.25) is 0 Å². The highest BCUT2D eigenvalue weighted by molar-refractivity contribution is 5.95. The van der Waals surface area contributed by atoms with Crippen LogP contribution in [0.15, 0.2) is 41.2 Å². The van der Waals surface area contributed by atoms with Crippen LogP contribution in [0.4, 0.5) is 0 Å². The van der Waals surface area contributed by atoms with Gasteiger partial charge in [-0.25, -0.2) is 4.79 Å². The highest BCUT2D eigenvalue weighted by Gasteiger charge is 2.17. The molecule has 0 saturated carbocycles. The Morgan fingerprint density at radius 2 is 1.74 bits per heavy atom. The van der Waals surface area contributed by atoms with Crippen molar-refractivity contribution in [2.45, 2.75) is 6.54 Å². The van der Waals surface area contributed by atoms with Crippen LogP contribution < -0.4 is 25.2 Å². The van der Waals surface area contributed by atoms with E-state index in [1.807, 2.05) is 24.3 Å². The van der Waals surface area contributed by atoms with Crippen LogP contribution in [0.5, 0.6) is 17.2 Å². The lowest BCUT2D eigenvalue weighted by molar-refractivity contribution is 0.0951. The van der Waals surface area contributed by atoms with E-state index in [9.17, 15) is 9.59 Å². The number of para-hydroxylation sites is 2. The molecule has 0 aliphatic carbocycles. The van der Waals surface area contributed by atoms with Gasteiger partial charge in [0.25, 0.3) is 5.91 Å². The number of aromatic nitrogens is 2. The molecule has 0 bridgehead atoms. The predicted octanol–water partition coefficient (Wildman–Crippen LogP) is 1.79. The first-order valence-electron chi connectivity index (χ1n) is 8.34. The summed E-state index contributed by atoms with van der Waals surface area (Å²) in [7, 11) is 4.48. The van der Waals surface area contributed by atoms with Crippen LogP contribution >= 0.6 is 0 Å². The maximum Gasteiger partial charge on any atom is 0.326 e. The van der Waals surface area contributed by atoms with Gasteiger partial charge in [-0.3, -0.25) is 9.36 Å². The standard InChI is InChI=1S/C19H21N3O5/c1-25-15-10-12(11-16(26-2)17(15)27-3)18(23)20-8-9-22-14-7-5-4-6-13(14)21-19(22)24/h4-7,10-11H,8-9H2,1-3H3,(H,20,23)(H,21,24). The fraction of sp³-hybridized carbons (Fsp3) is 0.263. The Morgan fingerprint density at radius 1 is 1.07 bits per heavy atom. The molecule has 1 aromatic heterocycles. The monoisotopic (exact) mass is 371 g/mol. The molecule has 142 valence electrons. The first-order valence-corrected chi connectivity index (χ1v) is 8.34. The second kappa shape index (κ2) is 7.86. The van der Waals surface area contributed by atoms with Crippen LogP contribution in [0.3, 0.4) is 0 Å². The Kier molecular flexibility index (Phi) is 5.35. The van der Waals surface area contributed by atoms with Crippen molar-refractivity contribution in [3.8, 4) is 17.2 Å². The van der Waals surface area contributed by atoms with Gasteiger partial charge < -0.3 is 24.5 Å². The minimum absolute atomic E-state index is 0.210. The first kappa shape index (κ1) is 18.4. The topological polar surface area (TPSA) is 94.6 Å². The number of aromatic amines is 1. The van der Waals surface area contributed by atoms with Crippen molar-refractivity contribution in [1.29, 1.82) is 0 Å². The zero-order valence-electron chi connectivity index (χ0n) is 15.4. The molecule has 0 radical (unpaired) electrons. The number of hydrogen-bond donors (Lipinski definition) is 2. The van der Waals surface area contributed by atoms with Crippen LogP contribution in [-0.4, -0.2) is 43.3 Å². The Balaban J connectivity index is 1.74. The van der Waals surface area contributed by atoms with Gasteiger partial charge in [0, 0.05) is 18.7 Å². The number of imidazole rings is 1. The fourth-order valence-electron chi connectivity index (χ4n) is 2.92. The number of hydrogen-bond acceptors (Lipinski definition) is 5. The summed E-state index contributed by atoms with van der Waals surface area (Å²) in [6.07, 6.45) is 0. The number of nitrogens with one attached hydrogen (secondary N) is 2. The summed E-state index contributed by atoms with van der Waals surface area (Å²) in [6, 6.07) is 10.6. The molecule has 27 heavy (non-hydrogen) atoms. The van der Waals surface area contributed by atoms with E-state index in [-0.39, 0.29) is 18.1 Å². The van der Waals surface area contributed by atoms with E-state index < -0.39 is 0 Å². The molecule has 0 saturated heterocycles. The molecule has 1 amide bonds. The number of H-pyrrole nitrogens is 1. The molecule has 0 aliphatic heterocycles. The van der Waals surface area contributed by atoms with E-state index in [0.29, 0.717) is 29.4 Å². The summed E-state index contributed by atoms with van der Waals surface area (Å²) in [4.78, 5) is 27.4. The van der Waals surface area contributed by atoms with Crippen molar-refractivity contribution >= 4 is 16.9 Å². The lowest BCUT2D eigenvalue weighted by Crippen LogP contribution is -2.30. The fourth-order valence-corrected chi connectivity index (χ4v) is 2.92. The van der Waals surface area contributed by atoms with Crippen LogP contribution in [-0.2, 0) is 6.54 Å². The third-order valence-corrected chi connectivity index (χ3v) is 4.23. The van der Waals surface area contributed by atoms with Gasteiger partial charge in [0.15, 0.2) is 11.5 Å². The molecule has 3 aromatic rings. The minimum Gasteiger partial charge on any atom is -0.493 e. The molecule has 3 rings (SSSR count). The third-order valence-electron chi connectivity index (χ3n) is 4.23. The molecule has 2 N–H and O–H groups in total. The molecule has 0 fully saturated rings. The van der Waals surface area contributed by atoms with Gasteiger partial charge in [0.2, 0.25) is 5.75 Å². The van der Waals surface area contributed by atoms with Gasteiger partial charge in [-0.1, -0.05) is 12.1 Å². The number of carbonyl (C=O) groups is 1. The van der Waals surface area contributed by atoms with E-state index in [2.05, 4.69) is 10.3 Å². The average molecular weight is 371 g/mol. The molecule has 0 spiro atoms. The highest BCUT2D eigenvalue weighted by atomic mass is 16.5. The molecular weight excluding hydrogens is 350 g/mol. The number of benzene rings is 2. The van der Waals surface area contributed by atoms with E-state index >= 15 is 0 Å². The van der Waals surface area contributed by atoms with E-state index in [1.54, 1.807) is 16.7 Å². The molecule has 2 aromatic carbocycles. The molecule has 0 unspecified atom stereocenters. The van der Waals surface area contributed by atoms with E-state index in [4.69, 9.17) is 14.2 Å². The van der Waals surface area contributed by atoms with Gasteiger partial charge in [-0.2, -0.15) is 0 Å². The maximum atomic E-state index is 12.5. The summed E-state index contributed by atoms with van der Waals surface area (Å²) in [5, 5.41) is 2.80. The molecule has 1 heterocycles. The normalized spacial score (nSPS) is 10.6. The second-order valence-corrected chi connectivity index (χ2v) is 5.77. The second-order valence-electron chi connectivity index (χ2n) is 5.77. The predicted molar refractivity (Wildman–Crippen MR) is 101 cm³/mol. The lowest BCUT2D eigenvalue weighted by atomic mass is 10.1. The van der Waals surface area contributed by atoms with Crippen molar-refractivity contribution in [1.82, 2.24) is 14.9 Å². The number of nitrogens with zero attached hydrogens (tertiary/aromatic N) is 1. The Morgan fingerprint density at radius 3 is 2.37 bits per heavy atom. The summed E-state index contributed by atoms with van der Waals surface area (Å²) in [5.41, 5.74) is 1.72. The zero-order chi connectivity index (χ0) is 19.4. The van der Waals surface area contributed by atoms with Gasteiger partial charge in [0.05, 0.1) is 32.4 Å². The third kappa shape index (κ3) is 3.59. The van der Waals surface area contributed by atoms with Gasteiger partial charge >= 0.3 is 5.69 Å². The van der Waals surface area contributed by atoms with E-state index in [0.717, 1.165) is 11.0 Å². The van der Waals surface area contributed by atoms with E-state index in [1.165, 1.54) is 21.3 Å². The quantitative estimate of drug-likeness (QED) is 0.660. The molecule has 0 aliphatic rings. The summed E-state index contributed by atoms with van der Waals surface area (Å²) >= 11 is 0. The lowest BCUT2D eigenvalue weighted by Gasteiger charge is -2.14. The molecule has 8 heteroatoms. The Hall–Kier alpha value is -3.42. The first-order chi connectivity index (χ1) is 13.1. The zero-order valence-corrected chi connectivity index (χ0v) is 15.4. The minimum atomic E-state index is -0.304. The van der Waals surface area contributed by atoms with Gasteiger partial charge in [-0.15, -0.1) is 0 Å². The number of amides is 1. The Bertz CT molecular complexity index is 997. The van der Waals surface area contributed by atoms with Gasteiger partial charge in [0.1, 0.15) is 0 Å². The van der Waals surface area contributed by atoms with Crippen molar-refractivity contribution in [3.63, 3.8) is 0 Å². The van der Waals surface area contributed by atoms with Crippen molar-refractivity contribution in [3.05, 3.63) is 52.4 Å². The number of carbonyl (C=O) groups excluding carboxylic acids is 1. The van der Waals surface area contributed by atoms with Crippen molar-refractivity contribution in [2.75, 3.05) is 27.9 Å². The molecule has 0 atom stereocenters. The largest absolute Gasteiger partial charge is 0.493 e. The molecular formula is C19H21N3O5. The van der Waals surface area contributed by atoms with Gasteiger partial charge in [-0.05, 0) is 24.3 Å². The van der Waals surface area contributed by atoms with Crippen molar-refractivity contribution < 1.29 is 19.0 Å². The number of fused-ring (bicyclic) bond motifs is 1. The van der Waals surface area contributed by atoms with Crippen LogP contribution in [0.25, 0.3) is 11.0 Å². The summed E-state index contributed by atoms with van der Waals surface area (Å²) in [6.45, 7) is 0.635. The van der Waals surface area contributed by atoms with Crippen LogP contribution in [0.1, 0.15) is 10.4 Å². The number of ether oxygens (including phenoxy) is 3. The number of methoxy groups -OCH3 is 3. The maximum absolute atomic E-state index is 12.5. The summed E-state index contributed by atoms with van der Waals surface area (Å²) < 4.78 is 17.4. The van der Waals surface area contributed by atoms with Crippen LogP contribution in [0, 0.1) is 0 Å². The Labute approximate surface area is 155 Å². The van der Waals surface area contributed by atoms with Crippen molar-refractivity contribution in [2.24, 2.45) is 0 Å². The summed E-state index contributed by atoms with van der Waals surface area (Å²) in [5.74, 6) is 0.911. The highest BCUT2D eigenvalue weighted by Crippen LogP contribution is 2.38. The molecule has 8 nitrogen and oxygen atoms in total. The number of rotatable bonds is 7. The smallest absolute Gasteiger partial charge is 0.326 e. The average Bonchev–Trinajstić information content (AvgIpc) is 3.01. The SMILES string of the molecule is COc1cc(C(=O)NCCn2c(=O)[nH]c3ccccc32)cc(OC)c1OC.